The van der Waals surface area contributed by atoms with E-state index in [-0.39, 0.29) is 29.3 Å². The van der Waals surface area contributed by atoms with E-state index in [1.165, 1.54) is 10.6 Å². The number of aromatic amines is 1. The standard InChI is InChI=1S/C24H34N6O4/c1-15(2)14-29-22-17(5-8-19(31)28-11-9-27(10-12-28)16(3)4)13-25-30(22)24(34)20(23(29)33)21(32)26-18-6-7-18/h5,8,13,15-16,18H,6-7,9-12,14H2,1-4H3,(H2,26,32,33,34)/p+1/b8-5+. The number of aromatic hydroxyl groups is 1. The van der Waals surface area contributed by atoms with E-state index in [1.807, 2.05) is 18.7 Å². The van der Waals surface area contributed by atoms with Crippen molar-refractivity contribution in [1.82, 2.24) is 24.7 Å². The van der Waals surface area contributed by atoms with Crippen LogP contribution < -0.4 is 15.4 Å². The molecule has 1 saturated carbocycles. The molecule has 0 atom stereocenters. The van der Waals surface area contributed by atoms with Crippen LogP contribution in [0.2, 0.25) is 0 Å². The molecular weight excluding hydrogens is 436 g/mol. The van der Waals surface area contributed by atoms with Gasteiger partial charge in [-0.25, -0.2) is 9.89 Å². The lowest BCUT2D eigenvalue weighted by Gasteiger charge is -2.36. The molecule has 1 aliphatic heterocycles. The van der Waals surface area contributed by atoms with Crippen molar-refractivity contribution in [2.45, 2.75) is 59.2 Å². The van der Waals surface area contributed by atoms with Gasteiger partial charge >= 0.3 is 17.1 Å². The number of carbonyl (C=O) groups is 2. The monoisotopic (exact) mass is 471 g/mol. The highest BCUT2D eigenvalue weighted by Gasteiger charge is 2.34. The molecular formula is C24H35N6O4+. The van der Waals surface area contributed by atoms with Crippen LogP contribution in [-0.4, -0.2) is 74.6 Å². The van der Waals surface area contributed by atoms with Gasteiger partial charge < -0.3 is 15.3 Å². The van der Waals surface area contributed by atoms with Gasteiger partial charge in [-0.1, -0.05) is 18.4 Å². The summed E-state index contributed by atoms with van der Waals surface area (Å²) in [5.74, 6) is -0.881. The fraction of sp³-hybridized carbons (Fsp3) is 0.583. The van der Waals surface area contributed by atoms with Gasteiger partial charge in [0, 0.05) is 44.3 Å². The third kappa shape index (κ3) is 4.86. The zero-order valence-electron chi connectivity index (χ0n) is 20.4. The molecule has 2 aromatic heterocycles. The summed E-state index contributed by atoms with van der Waals surface area (Å²) in [5.41, 5.74) is 0.0900. The first-order valence-electron chi connectivity index (χ1n) is 12.1. The molecule has 1 saturated heterocycles. The minimum absolute atomic E-state index is 0.0566. The number of aromatic nitrogens is 3. The third-order valence-electron chi connectivity index (χ3n) is 6.42. The van der Waals surface area contributed by atoms with Crippen LogP contribution in [0.15, 0.2) is 17.1 Å². The topological polar surface area (TPSA) is 114 Å². The highest BCUT2D eigenvalue weighted by atomic mass is 16.3. The van der Waals surface area contributed by atoms with E-state index in [1.54, 1.807) is 16.8 Å². The van der Waals surface area contributed by atoms with Crippen molar-refractivity contribution in [1.29, 1.82) is 0 Å². The van der Waals surface area contributed by atoms with Gasteiger partial charge in [-0.05, 0) is 38.7 Å². The molecule has 2 aromatic rings. The first-order valence-corrected chi connectivity index (χ1v) is 12.1. The van der Waals surface area contributed by atoms with Crippen molar-refractivity contribution in [2.24, 2.45) is 5.92 Å². The van der Waals surface area contributed by atoms with E-state index in [0.29, 0.717) is 36.9 Å². The summed E-state index contributed by atoms with van der Waals surface area (Å²) in [7, 11) is 0. The van der Waals surface area contributed by atoms with Gasteiger partial charge in [0.05, 0.1) is 18.3 Å². The summed E-state index contributed by atoms with van der Waals surface area (Å²) in [5, 5.41) is 16.7. The molecule has 0 radical (unpaired) electrons. The molecule has 0 aromatic carbocycles. The van der Waals surface area contributed by atoms with Crippen LogP contribution >= 0.6 is 0 Å². The smallest absolute Gasteiger partial charge is 0.378 e. The van der Waals surface area contributed by atoms with Gasteiger partial charge in [-0.3, -0.25) is 14.5 Å². The average Bonchev–Trinajstić information content (AvgIpc) is 3.50. The van der Waals surface area contributed by atoms with E-state index < -0.39 is 11.5 Å². The second kappa shape index (κ2) is 9.61. The molecule has 10 nitrogen and oxygen atoms in total. The first-order chi connectivity index (χ1) is 16.2. The van der Waals surface area contributed by atoms with Gasteiger partial charge in [0.1, 0.15) is 0 Å². The summed E-state index contributed by atoms with van der Waals surface area (Å²) in [6.07, 6.45) is 6.52. The molecule has 2 aliphatic rings. The second-order valence-corrected chi connectivity index (χ2v) is 9.93. The van der Waals surface area contributed by atoms with E-state index >= 15 is 0 Å². The summed E-state index contributed by atoms with van der Waals surface area (Å²) in [6, 6.07) is 0.513. The molecule has 0 spiro atoms. The van der Waals surface area contributed by atoms with Crippen LogP contribution in [-0.2, 0) is 11.3 Å². The average molecular weight is 472 g/mol. The van der Waals surface area contributed by atoms with Gasteiger partial charge in [0.25, 0.3) is 5.91 Å². The van der Waals surface area contributed by atoms with E-state index in [9.17, 15) is 19.5 Å². The number of carbonyl (C=O) groups excluding carboxylic acids is 2. The van der Waals surface area contributed by atoms with Crippen LogP contribution in [0.25, 0.3) is 11.7 Å². The molecule has 3 N–H and O–H groups in total. The second-order valence-electron chi connectivity index (χ2n) is 9.93. The maximum atomic E-state index is 13.1. The molecule has 10 heteroatoms. The van der Waals surface area contributed by atoms with Gasteiger partial charge in [-0.2, -0.15) is 4.57 Å². The van der Waals surface area contributed by atoms with Crippen molar-refractivity contribution in [2.75, 3.05) is 26.2 Å². The normalized spacial score (nSPS) is 17.4. The van der Waals surface area contributed by atoms with Gasteiger partial charge in [0.2, 0.25) is 11.5 Å². The van der Waals surface area contributed by atoms with Crippen molar-refractivity contribution in [3.63, 3.8) is 0 Å². The van der Waals surface area contributed by atoms with Crippen LogP contribution in [0.4, 0.5) is 0 Å². The molecule has 1 aliphatic carbocycles. The fourth-order valence-corrected chi connectivity index (χ4v) is 4.33. The zero-order valence-corrected chi connectivity index (χ0v) is 20.4. The Morgan fingerprint density at radius 3 is 2.47 bits per heavy atom. The van der Waals surface area contributed by atoms with Crippen molar-refractivity contribution >= 4 is 23.5 Å². The highest BCUT2D eigenvalue weighted by molar-refractivity contribution is 5.96. The van der Waals surface area contributed by atoms with E-state index in [0.717, 1.165) is 25.9 Å². The van der Waals surface area contributed by atoms with Crippen molar-refractivity contribution in [3.8, 4) is 5.88 Å². The Balaban J connectivity index is 1.65. The fourth-order valence-electron chi connectivity index (χ4n) is 4.33. The Hall–Kier alpha value is -3.14. The maximum absolute atomic E-state index is 13.1. The summed E-state index contributed by atoms with van der Waals surface area (Å²) in [6.45, 7) is 11.7. The summed E-state index contributed by atoms with van der Waals surface area (Å²) < 4.78 is 2.82. The van der Waals surface area contributed by atoms with Crippen LogP contribution in [0, 0.1) is 5.92 Å². The molecule has 2 amide bonds. The number of piperazine rings is 1. The zero-order chi connectivity index (χ0) is 24.6. The van der Waals surface area contributed by atoms with E-state index in [4.69, 9.17) is 0 Å². The number of nitrogens with one attached hydrogen (secondary N) is 2. The Kier molecular flexibility index (Phi) is 6.79. The number of amides is 2. The Morgan fingerprint density at radius 2 is 1.88 bits per heavy atom. The van der Waals surface area contributed by atoms with Crippen molar-refractivity contribution < 1.29 is 19.3 Å². The SMILES string of the molecule is CC(C)C[n+]1c(O)c(C(=O)NC2CC2)c(=O)n2[nH]cc(/C=C/C(=O)N3CCN(C(C)C)CC3)c21. The maximum Gasteiger partial charge on any atom is 0.378 e. The molecule has 184 valence electrons. The van der Waals surface area contributed by atoms with Crippen LogP contribution in [0.3, 0.4) is 0 Å². The summed E-state index contributed by atoms with van der Waals surface area (Å²) in [4.78, 5) is 42.8. The minimum Gasteiger partial charge on any atom is -0.477 e. The molecule has 4 rings (SSSR count). The highest BCUT2D eigenvalue weighted by Crippen LogP contribution is 2.21. The van der Waals surface area contributed by atoms with E-state index in [2.05, 4.69) is 29.2 Å². The molecule has 0 unspecified atom stereocenters. The van der Waals surface area contributed by atoms with Crippen molar-refractivity contribution in [3.05, 3.63) is 33.8 Å². The molecule has 34 heavy (non-hydrogen) atoms. The van der Waals surface area contributed by atoms with Crippen LogP contribution in [0.1, 0.15) is 56.5 Å². The lowest BCUT2D eigenvalue weighted by Crippen LogP contribution is -2.50. The predicted octanol–water partition coefficient (Wildman–Crippen LogP) is 0.735. The van der Waals surface area contributed by atoms with Gasteiger partial charge in [-0.15, -0.1) is 0 Å². The quantitative estimate of drug-likeness (QED) is 0.407. The number of rotatable bonds is 7. The Labute approximate surface area is 198 Å². The predicted molar refractivity (Wildman–Crippen MR) is 128 cm³/mol. The molecule has 0 bridgehead atoms. The lowest BCUT2D eigenvalue weighted by atomic mass is 10.2. The number of fused-ring (bicyclic) bond motifs is 1. The Bertz CT molecular complexity index is 1170. The number of H-pyrrole nitrogens is 1. The number of hydrogen-bond donors (Lipinski definition) is 3. The first kappa shape index (κ1) is 24.0. The Morgan fingerprint density at radius 1 is 1.21 bits per heavy atom. The summed E-state index contributed by atoms with van der Waals surface area (Å²) >= 11 is 0. The number of hydrogen-bond acceptors (Lipinski definition) is 5. The minimum atomic E-state index is -0.624. The van der Waals surface area contributed by atoms with Gasteiger partial charge in [0.15, 0.2) is 0 Å². The lowest BCUT2D eigenvalue weighted by molar-refractivity contribution is -0.686. The third-order valence-corrected chi connectivity index (χ3v) is 6.42. The largest absolute Gasteiger partial charge is 0.477 e. The molecule has 2 fully saturated rings. The van der Waals surface area contributed by atoms with Crippen LogP contribution in [0.5, 0.6) is 5.88 Å². The number of nitrogens with zero attached hydrogens (tertiary/aromatic N) is 4. The molecule has 3 heterocycles.